The molecule has 0 unspecified atom stereocenters. The lowest BCUT2D eigenvalue weighted by molar-refractivity contribution is -0.120. The van der Waals surface area contributed by atoms with Crippen LogP contribution in [0.5, 0.6) is 0 Å². The van der Waals surface area contributed by atoms with Gasteiger partial charge < -0.3 is 5.32 Å². The van der Waals surface area contributed by atoms with Gasteiger partial charge in [0.05, 0.1) is 17.1 Å². The summed E-state index contributed by atoms with van der Waals surface area (Å²) in [6.45, 7) is 0.0530. The number of rotatable bonds is 6. The van der Waals surface area contributed by atoms with E-state index < -0.39 is 9.84 Å². The smallest absolute Gasteiger partial charge is 0.224 e. The first-order valence-corrected chi connectivity index (χ1v) is 9.27. The summed E-state index contributed by atoms with van der Waals surface area (Å²) in [6, 6.07) is 12.9. The van der Waals surface area contributed by atoms with Crippen molar-refractivity contribution < 1.29 is 13.2 Å². The first kappa shape index (κ1) is 17.8. The summed E-state index contributed by atoms with van der Waals surface area (Å²) in [5.41, 5.74) is 0.812. The van der Waals surface area contributed by atoms with Crippen molar-refractivity contribution in [3.8, 4) is 0 Å². The zero-order chi connectivity index (χ0) is 16.9. The molecule has 0 aliphatic carbocycles. The molecule has 0 bridgehead atoms. The van der Waals surface area contributed by atoms with Crippen molar-refractivity contribution in [2.24, 2.45) is 0 Å². The molecule has 0 saturated heterocycles. The molecule has 4 nitrogen and oxygen atoms in total. The minimum Gasteiger partial charge on any atom is -0.355 e. The molecule has 0 saturated carbocycles. The van der Waals surface area contributed by atoms with E-state index in [0.29, 0.717) is 10.0 Å². The van der Waals surface area contributed by atoms with Crippen LogP contribution in [0.3, 0.4) is 0 Å². The Balaban J connectivity index is 1.85. The maximum Gasteiger partial charge on any atom is 0.224 e. The van der Waals surface area contributed by atoms with Crippen molar-refractivity contribution in [2.75, 3.05) is 12.3 Å². The van der Waals surface area contributed by atoms with Gasteiger partial charge >= 0.3 is 0 Å². The van der Waals surface area contributed by atoms with Crippen molar-refractivity contribution in [1.82, 2.24) is 5.32 Å². The summed E-state index contributed by atoms with van der Waals surface area (Å²) in [6.07, 6.45) is 0.179. The van der Waals surface area contributed by atoms with E-state index in [9.17, 15) is 13.2 Å². The Kier molecular flexibility index (Phi) is 6.04. The summed E-state index contributed by atoms with van der Waals surface area (Å²) in [4.78, 5) is 12.0. The highest BCUT2D eigenvalue weighted by molar-refractivity contribution is 7.91. The number of benzene rings is 2. The predicted octanol–water partition coefficient (Wildman–Crippen LogP) is 3.13. The standard InChI is InChI=1S/C16H15Cl2NO3S/c17-13-3-1-12(2-4-13)11-16(20)19-9-10-23(21,22)15-7-5-14(18)6-8-15/h1-8H,9-11H2,(H,19,20). The zero-order valence-electron chi connectivity index (χ0n) is 12.1. The van der Waals surface area contributed by atoms with Gasteiger partial charge in [-0.2, -0.15) is 0 Å². The summed E-state index contributed by atoms with van der Waals surface area (Å²) in [5, 5.41) is 3.68. The molecule has 0 spiro atoms. The van der Waals surface area contributed by atoms with Gasteiger partial charge in [0.25, 0.3) is 0 Å². The van der Waals surface area contributed by atoms with Gasteiger partial charge in [0.2, 0.25) is 5.91 Å². The number of halogens is 2. The third-order valence-electron chi connectivity index (χ3n) is 3.14. The first-order valence-electron chi connectivity index (χ1n) is 6.86. The summed E-state index contributed by atoms with van der Waals surface area (Å²) >= 11 is 11.5. The van der Waals surface area contributed by atoms with Gasteiger partial charge in [0, 0.05) is 16.6 Å². The van der Waals surface area contributed by atoms with Gasteiger partial charge in [-0.15, -0.1) is 0 Å². The van der Waals surface area contributed by atoms with Crippen LogP contribution in [0.15, 0.2) is 53.4 Å². The Morgan fingerprint density at radius 2 is 1.43 bits per heavy atom. The van der Waals surface area contributed by atoms with Crippen molar-refractivity contribution in [1.29, 1.82) is 0 Å². The second-order valence-electron chi connectivity index (χ2n) is 4.93. The maximum absolute atomic E-state index is 12.1. The SMILES string of the molecule is O=C(Cc1ccc(Cl)cc1)NCCS(=O)(=O)c1ccc(Cl)cc1. The molecule has 0 radical (unpaired) electrons. The lowest BCUT2D eigenvalue weighted by Gasteiger charge is -2.07. The van der Waals surface area contributed by atoms with Crippen LogP contribution in [0.1, 0.15) is 5.56 Å². The van der Waals surface area contributed by atoms with Crippen LogP contribution in [-0.4, -0.2) is 26.6 Å². The van der Waals surface area contributed by atoms with Gasteiger partial charge in [-0.1, -0.05) is 35.3 Å². The molecular weight excluding hydrogens is 357 g/mol. The minimum absolute atomic E-state index is 0.0530. The molecule has 2 aromatic carbocycles. The monoisotopic (exact) mass is 371 g/mol. The normalized spacial score (nSPS) is 11.2. The lowest BCUT2D eigenvalue weighted by atomic mass is 10.1. The number of sulfone groups is 1. The Morgan fingerprint density at radius 3 is 2.00 bits per heavy atom. The fourth-order valence-electron chi connectivity index (χ4n) is 1.93. The largest absolute Gasteiger partial charge is 0.355 e. The predicted molar refractivity (Wildman–Crippen MR) is 91.7 cm³/mol. The van der Waals surface area contributed by atoms with Gasteiger partial charge in [-0.05, 0) is 42.0 Å². The first-order chi connectivity index (χ1) is 10.9. The van der Waals surface area contributed by atoms with Gasteiger partial charge in [0.1, 0.15) is 0 Å². The molecule has 0 aliphatic rings. The number of hydrogen-bond donors (Lipinski definition) is 1. The molecule has 1 N–H and O–H groups in total. The summed E-state index contributed by atoms with van der Waals surface area (Å²) in [5.74, 6) is -0.403. The minimum atomic E-state index is -3.44. The molecule has 7 heteroatoms. The van der Waals surface area contributed by atoms with E-state index in [1.807, 2.05) is 0 Å². The molecular formula is C16H15Cl2NO3S. The van der Waals surface area contributed by atoms with Crippen LogP contribution in [0.4, 0.5) is 0 Å². The van der Waals surface area contributed by atoms with Gasteiger partial charge in [-0.25, -0.2) is 8.42 Å². The molecule has 122 valence electrons. The summed E-state index contributed by atoms with van der Waals surface area (Å²) in [7, 11) is -3.44. The number of amides is 1. The van der Waals surface area contributed by atoms with Crippen LogP contribution < -0.4 is 5.32 Å². The van der Waals surface area contributed by atoms with Crippen LogP contribution in [0.2, 0.25) is 10.0 Å². The molecule has 2 rings (SSSR count). The van der Waals surface area contributed by atoms with Crippen molar-refractivity contribution in [2.45, 2.75) is 11.3 Å². The van der Waals surface area contributed by atoms with Gasteiger partial charge in [-0.3, -0.25) is 4.79 Å². The van der Waals surface area contributed by atoms with Crippen LogP contribution >= 0.6 is 23.2 Å². The highest BCUT2D eigenvalue weighted by Crippen LogP contribution is 2.15. The van der Waals surface area contributed by atoms with Crippen LogP contribution in [0.25, 0.3) is 0 Å². The van der Waals surface area contributed by atoms with E-state index in [-0.39, 0.29) is 29.5 Å². The number of carbonyl (C=O) groups excluding carboxylic acids is 1. The lowest BCUT2D eigenvalue weighted by Crippen LogP contribution is -2.30. The van der Waals surface area contributed by atoms with Crippen molar-refractivity contribution >= 4 is 38.9 Å². The molecule has 23 heavy (non-hydrogen) atoms. The third kappa shape index (κ3) is 5.53. The van der Waals surface area contributed by atoms with Gasteiger partial charge in [0.15, 0.2) is 9.84 Å². The Bertz CT molecular complexity index is 772. The van der Waals surface area contributed by atoms with E-state index in [1.54, 1.807) is 24.3 Å². The van der Waals surface area contributed by atoms with E-state index in [1.165, 1.54) is 24.3 Å². The molecule has 2 aromatic rings. The molecule has 0 heterocycles. The molecule has 1 amide bonds. The Morgan fingerprint density at radius 1 is 0.913 bits per heavy atom. The van der Waals surface area contributed by atoms with E-state index in [0.717, 1.165) is 5.56 Å². The number of nitrogens with one attached hydrogen (secondary N) is 1. The molecule has 0 atom stereocenters. The fourth-order valence-corrected chi connectivity index (χ4v) is 3.34. The fraction of sp³-hybridized carbons (Fsp3) is 0.188. The second kappa shape index (κ2) is 7.81. The highest BCUT2D eigenvalue weighted by Gasteiger charge is 2.14. The average Bonchev–Trinajstić information content (AvgIpc) is 2.50. The van der Waals surface area contributed by atoms with E-state index in [4.69, 9.17) is 23.2 Å². The Hall–Kier alpha value is -1.56. The summed E-state index contributed by atoms with van der Waals surface area (Å²) < 4.78 is 24.2. The van der Waals surface area contributed by atoms with Crippen molar-refractivity contribution in [3.05, 3.63) is 64.1 Å². The van der Waals surface area contributed by atoms with Crippen LogP contribution in [0, 0.1) is 0 Å². The quantitative estimate of drug-likeness (QED) is 0.848. The topological polar surface area (TPSA) is 63.2 Å². The number of carbonyl (C=O) groups is 1. The zero-order valence-corrected chi connectivity index (χ0v) is 14.5. The molecule has 0 aromatic heterocycles. The Labute approximate surface area is 145 Å². The van der Waals surface area contributed by atoms with E-state index in [2.05, 4.69) is 5.32 Å². The molecule has 0 aliphatic heterocycles. The average molecular weight is 372 g/mol. The molecule has 0 fully saturated rings. The van der Waals surface area contributed by atoms with Crippen LogP contribution in [-0.2, 0) is 21.1 Å². The maximum atomic E-state index is 12.1. The van der Waals surface area contributed by atoms with E-state index >= 15 is 0 Å². The highest BCUT2D eigenvalue weighted by atomic mass is 35.5. The number of hydrogen-bond acceptors (Lipinski definition) is 3. The second-order valence-corrected chi connectivity index (χ2v) is 7.91. The third-order valence-corrected chi connectivity index (χ3v) is 5.38. The van der Waals surface area contributed by atoms with Crippen molar-refractivity contribution in [3.63, 3.8) is 0 Å².